The lowest BCUT2D eigenvalue weighted by Gasteiger charge is -2.09. The van der Waals surface area contributed by atoms with Crippen LogP contribution < -0.4 is 0 Å². The van der Waals surface area contributed by atoms with Crippen molar-refractivity contribution in [2.24, 2.45) is 0 Å². The molecule has 0 amide bonds. The maximum Gasteiger partial charge on any atom is -0.0181 e. The van der Waals surface area contributed by atoms with Gasteiger partial charge >= 0.3 is 0 Å². The maximum atomic E-state index is 4.08. The molecule has 1 aromatic rings. The van der Waals surface area contributed by atoms with E-state index in [1.54, 1.807) is 6.08 Å². The lowest BCUT2D eigenvalue weighted by molar-refractivity contribution is 1.04. The Labute approximate surface area is 123 Å². The normalized spacial score (nSPS) is 13.4. The molecule has 104 valence electrons. The third kappa shape index (κ3) is 4.55. The Kier molecular flexibility index (Phi) is 7.13. The first kappa shape index (κ1) is 16.0. The summed E-state index contributed by atoms with van der Waals surface area (Å²) in [7, 11) is 0. The van der Waals surface area contributed by atoms with Gasteiger partial charge in [-0.1, -0.05) is 81.7 Å². The molecule has 0 radical (unpaired) electrons. The summed E-state index contributed by atoms with van der Waals surface area (Å²) in [6.45, 7) is 11.7. The molecule has 0 heterocycles. The van der Waals surface area contributed by atoms with Gasteiger partial charge in [-0.05, 0) is 41.2 Å². The molecule has 0 fully saturated rings. The van der Waals surface area contributed by atoms with Crippen molar-refractivity contribution in [3.05, 3.63) is 85.0 Å². The Morgan fingerprint density at radius 1 is 1.20 bits per heavy atom. The highest BCUT2D eigenvalue weighted by Gasteiger charge is 2.03. The first-order valence-electron chi connectivity index (χ1n) is 7.27. The Bertz CT molecular complexity index is 539. The fraction of sp³-hybridized carbons (Fsp3) is 0.200. The van der Waals surface area contributed by atoms with Crippen LogP contribution in [0.1, 0.15) is 37.8 Å². The minimum absolute atomic E-state index is 1.01. The predicted octanol–water partition coefficient (Wildman–Crippen LogP) is 6.20. The van der Waals surface area contributed by atoms with Crippen molar-refractivity contribution in [2.45, 2.75) is 26.7 Å². The van der Waals surface area contributed by atoms with Gasteiger partial charge in [0.2, 0.25) is 0 Å². The van der Waals surface area contributed by atoms with Crippen molar-refractivity contribution >= 4 is 11.1 Å². The number of benzene rings is 1. The SMILES string of the molecule is C=C/C=C\C(=C)c1cccc(C2=CCCC=C2)c1.CC. The highest BCUT2D eigenvalue weighted by molar-refractivity contribution is 5.79. The third-order valence-electron chi connectivity index (χ3n) is 3.00. The zero-order chi connectivity index (χ0) is 14.8. The summed E-state index contributed by atoms with van der Waals surface area (Å²) in [6.07, 6.45) is 14.7. The predicted molar refractivity (Wildman–Crippen MR) is 92.5 cm³/mol. The largest absolute Gasteiger partial charge is 0.0991 e. The van der Waals surface area contributed by atoms with Crippen LogP contribution in [-0.4, -0.2) is 0 Å². The van der Waals surface area contributed by atoms with Gasteiger partial charge < -0.3 is 0 Å². The fourth-order valence-corrected chi connectivity index (χ4v) is 2.01. The maximum absolute atomic E-state index is 4.08. The Morgan fingerprint density at radius 2 is 2.00 bits per heavy atom. The summed E-state index contributed by atoms with van der Waals surface area (Å²) >= 11 is 0. The highest BCUT2D eigenvalue weighted by Crippen LogP contribution is 2.24. The van der Waals surface area contributed by atoms with E-state index in [4.69, 9.17) is 0 Å². The molecule has 0 N–H and O–H groups in total. The van der Waals surface area contributed by atoms with Crippen molar-refractivity contribution in [3.8, 4) is 0 Å². The summed E-state index contributed by atoms with van der Waals surface area (Å²) in [5.74, 6) is 0. The third-order valence-corrected chi connectivity index (χ3v) is 3.00. The molecule has 0 spiro atoms. The second-order valence-electron chi connectivity index (χ2n) is 4.34. The quantitative estimate of drug-likeness (QED) is 0.568. The van der Waals surface area contributed by atoms with Crippen LogP contribution in [-0.2, 0) is 0 Å². The van der Waals surface area contributed by atoms with Gasteiger partial charge in [0.1, 0.15) is 0 Å². The summed E-state index contributed by atoms with van der Waals surface area (Å²) < 4.78 is 0. The zero-order valence-corrected chi connectivity index (χ0v) is 12.6. The topological polar surface area (TPSA) is 0 Å². The number of allylic oxidation sites excluding steroid dienone is 8. The molecule has 0 unspecified atom stereocenters. The lowest BCUT2D eigenvalue weighted by atomic mass is 9.96. The van der Waals surface area contributed by atoms with Crippen molar-refractivity contribution in [1.82, 2.24) is 0 Å². The molecule has 1 aliphatic carbocycles. The van der Waals surface area contributed by atoms with Gasteiger partial charge in [-0.25, -0.2) is 0 Å². The van der Waals surface area contributed by atoms with Gasteiger partial charge in [0.25, 0.3) is 0 Å². The minimum Gasteiger partial charge on any atom is -0.0991 e. The van der Waals surface area contributed by atoms with E-state index < -0.39 is 0 Å². The van der Waals surface area contributed by atoms with Crippen LogP contribution in [0.25, 0.3) is 11.1 Å². The number of rotatable bonds is 4. The first-order valence-corrected chi connectivity index (χ1v) is 7.27. The van der Waals surface area contributed by atoms with Gasteiger partial charge in [0, 0.05) is 0 Å². The standard InChI is InChI=1S/C18H18.C2H6/c1-3-4-9-15(2)17-12-8-13-18(14-17)16-10-6-5-7-11-16;1-2/h3-4,6,8-14H,1-2,5,7H2;1-2H3/b9-4-;. The first-order chi connectivity index (χ1) is 9.81. The molecule has 20 heavy (non-hydrogen) atoms. The summed E-state index contributed by atoms with van der Waals surface area (Å²) in [5, 5.41) is 0. The minimum atomic E-state index is 1.01. The van der Waals surface area contributed by atoms with Crippen LogP contribution in [0, 0.1) is 0 Å². The summed E-state index contributed by atoms with van der Waals surface area (Å²) in [4.78, 5) is 0. The molecule has 0 saturated heterocycles. The monoisotopic (exact) mass is 264 g/mol. The van der Waals surface area contributed by atoms with Crippen molar-refractivity contribution in [2.75, 3.05) is 0 Å². The molecule has 0 atom stereocenters. The average Bonchev–Trinajstić information content (AvgIpc) is 2.55. The molecular formula is C20H24. The van der Waals surface area contributed by atoms with E-state index >= 15 is 0 Å². The molecule has 1 aromatic carbocycles. The molecular weight excluding hydrogens is 240 g/mol. The van der Waals surface area contributed by atoms with Gasteiger partial charge in [-0.3, -0.25) is 0 Å². The van der Waals surface area contributed by atoms with Gasteiger partial charge in [-0.2, -0.15) is 0 Å². The number of hydrogen-bond acceptors (Lipinski definition) is 0. The van der Waals surface area contributed by atoms with Crippen LogP contribution in [0.4, 0.5) is 0 Å². The molecule has 0 bridgehead atoms. The van der Waals surface area contributed by atoms with Gasteiger partial charge in [0.15, 0.2) is 0 Å². The molecule has 0 heteroatoms. The molecule has 2 rings (SSSR count). The van der Waals surface area contributed by atoms with Crippen LogP contribution in [0.3, 0.4) is 0 Å². The molecule has 1 aliphatic rings. The number of hydrogen-bond donors (Lipinski definition) is 0. The smallest absolute Gasteiger partial charge is 0.0181 e. The van der Waals surface area contributed by atoms with E-state index in [9.17, 15) is 0 Å². The van der Waals surface area contributed by atoms with E-state index in [2.05, 4.69) is 55.7 Å². The van der Waals surface area contributed by atoms with E-state index in [0.717, 1.165) is 24.0 Å². The molecule has 0 aromatic heterocycles. The van der Waals surface area contributed by atoms with E-state index in [1.807, 2.05) is 26.0 Å². The Morgan fingerprint density at radius 3 is 2.65 bits per heavy atom. The van der Waals surface area contributed by atoms with Crippen LogP contribution in [0.15, 0.2) is 73.9 Å². The highest BCUT2D eigenvalue weighted by atomic mass is 14.1. The molecule has 0 nitrogen and oxygen atoms in total. The van der Waals surface area contributed by atoms with Crippen LogP contribution in [0.5, 0.6) is 0 Å². The van der Waals surface area contributed by atoms with Crippen LogP contribution >= 0.6 is 0 Å². The van der Waals surface area contributed by atoms with Crippen molar-refractivity contribution < 1.29 is 0 Å². The zero-order valence-electron chi connectivity index (χ0n) is 12.6. The fourth-order valence-electron chi connectivity index (χ4n) is 2.01. The Hall–Kier alpha value is -2.08. The second-order valence-corrected chi connectivity index (χ2v) is 4.34. The van der Waals surface area contributed by atoms with Crippen molar-refractivity contribution in [3.63, 3.8) is 0 Å². The van der Waals surface area contributed by atoms with E-state index in [-0.39, 0.29) is 0 Å². The second kappa shape index (κ2) is 8.92. The van der Waals surface area contributed by atoms with Gasteiger partial charge in [-0.15, -0.1) is 0 Å². The van der Waals surface area contributed by atoms with E-state index in [1.165, 1.54) is 11.1 Å². The molecule has 0 aliphatic heterocycles. The summed E-state index contributed by atoms with van der Waals surface area (Å²) in [5.41, 5.74) is 4.74. The van der Waals surface area contributed by atoms with Gasteiger partial charge in [0.05, 0.1) is 0 Å². The van der Waals surface area contributed by atoms with E-state index in [0.29, 0.717) is 0 Å². The molecule has 0 saturated carbocycles. The summed E-state index contributed by atoms with van der Waals surface area (Å²) in [6, 6.07) is 8.51. The van der Waals surface area contributed by atoms with Crippen LogP contribution in [0.2, 0.25) is 0 Å². The Balaban J connectivity index is 0.000000956. The van der Waals surface area contributed by atoms with Crippen molar-refractivity contribution in [1.29, 1.82) is 0 Å². The average molecular weight is 264 g/mol. The lowest BCUT2D eigenvalue weighted by Crippen LogP contribution is -1.88.